The molecule has 1 aliphatic rings. The Morgan fingerprint density at radius 3 is 2.54 bits per heavy atom. The van der Waals surface area contributed by atoms with Crippen molar-refractivity contribution >= 4 is 21.6 Å². The van der Waals surface area contributed by atoms with Gasteiger partial charge in [0.25, 0.3) is 0 Å². The molecule has 3 rings (SSSR count). The van der Waals surface area contributed by atoms with E-state index in [1.807, 2.05) is 24.3 Å². The number of nitrogens with zero attached hydrogens (tertiary/aromatic N) is 1. The van der Waals surface area contributed by atoms with Gasteiger partial charge < -0.3 is 9.64 Å². The Hall–Kier alpha value is -2.38. The molecule has 7 heteroatoms. The summed E-state index contributed by atoms with van der Waals surface area (Å²) in [4.78, 5) is 14.7. The fourth-order valence-electron chi connectivity index (χ4n) is 3.07. The van der Waals surface area contributed by atoms with Gasteiger partial charge >= 0.3 is 0 Å². The molecule has 0 saturated carbocycles. The van der Waals surface area contributed by atoms with Crippen LogP contribution in [0.5, 0.6) is 5.75 Å². The number of benzene rings is 2. The normalized spacial score (nSPS) is 14.8. The van der Waals surface area contributed by atoms with E-state index in [-0.39, 0.29) is 10.8 Å². The van der Waals surface area contributed by atoms with E-state index in [4.69, 9.17) is 4.74 Å². The maximum atomic E-state index is 12.9. The van der Waals surface area contributed by atoms with E-state index in [9.17, 15) is 13.2 Å². The van der Waals surface area contributed by atoms with Gasteiger partial charge in [-0.3, -0.25) is 4.79 Å². The quantitative estimate of drug-likeness (QED) is 0.842. The molecule has 1 amide bonds. The SMILES string of the molecule is CCC(NS(=O)(=O)c1ccc(OC)cc1)C(=O)N1CCc2ccccc21. The van der Waals surface area contributed by atoms with Crippen LogP contribution in [-0.2, 0) is 21.2 Å². The van der Waals surface area contributed by atoms with Gasteiger partial charge in [-0.25, -0.2) is 8.42 Å². The van der Waals surface area contributed by atoms with E-state index in [1.54, 1.807) is 24.0 Å². The Morgan fingerprint density at radius 2 is 1.88 bits per heavy atom. The third-order valence-corrected chi connectivity index (χ3v) is 6.01. The van der Waals surface area contributed by atoms with Gasteiger partial charge in [0.2, 0.25) is 15.9 Å². The lowest BCUT2D eigenvalue weighted by Gasteiger charge is -2.24. The second-order valence-electron chi connectivity index (χ2n) is 6.13. The molecule has 2 aromatic rings. The first-order valence-electron chi connectivity index (χ1n) is 8.52. The highest BCUT2D eigenvalue weighted by molar-refractivity contribution is 7.89. The molecule has 0 bridgehead atoms. The number of amides is 1. The van der Waals surface area contributed by atoms with Crippen LogP contribution >= 0.6 is 0 Å². The summed E-state index contributed by atoms with van der Waals surface area (Å²) in [7, 11) is -2.29. The second-order valence-corrected chi connectivity index (χ2v) is 7.84. The lowest BCUT2D eigenvalue weighted by atomic mass is 10.1. The Labute approximate surface area is 153 Å². The first-order valence-corrected chi connectivity index (χ1v) is 10.00. The smallest absolute Gasteiger partial charge is 0.245 e. The maximum absolute atomic E-state index is 12.9. The summed E-state index contributed by atoms with van der Waals surface area (Å²) in [6.07, 6.45) is 1.15. The minimum atomic E-state index is -3.80. The zero-order valence-corrected chi connectivity index (χ0v) is 15.6. The number of para-hydroxylation sites is 1. The number of hydrogen-bond donors (Lipinski definition) is 1. The Bertz CT molecular complexity index is 894. The molecular formula is C19H22N2O4S. The van der Waals surface area contributed by atoms with Crippen molar-refractivity contribution in [2.75, 3.05) is 18.6 Å². The van der Waals surface area contributed by atoms with Crippen LogP contribution in [0.15, 0.2) is 53.4 Å². The van der Waals surface area contributed by atoms with E-state index in [0.29, 0.717) is 18.7 Å². The van der Waals surface area contributed by atoms with E-state index in [1.165, 1.54) is 19.2 Å². The molecule has 26 heavy (non-hydrogen) atoms. The van der Waals surface area contributed by atoms with Crippen molar-refractivity contribution < 1.29 is 17.9 Å². The van der Waals surface area contributed by atoms with Gasteiger partial charge in [-0.05, 0) is 48.7 Å². The molecular weight excluding hydrogens is 352 g/mol. The molecule has 138 valence electrons. The Balaban J connectivity index is 1.79. The molecule has 0 aliphatic carbocycles. The van der Waals surface area contributed by atoms with Gasteiger partial charge in [-0.15, -0.1) is 0 Å². The van der Waals surface area contributed by atoms with Crippen LogP contribution in [0.4, 0.5) is 5.69 Å². The highest BCUT2D eigenvalue weighted by atomic mass is 32.2. The molecule has 6 nitrogen and oxygen atoms in total. The number of rotatable bonds is 6. The number of ether oxygens (including phenoxy) is 1. The van der Waals surface area contributed by atoms with Gasteiger partial charge in [-0.1, -0.05) is 25.1 Å². The number of fused-ring (bicyclic) bond motifs is 1. The average molecular weight is 374 g/mol. The van der Waals surface area contributed by atoms with Gasteiger partial charge in [-0.2, -0.15) is 4.72 Å². The van der Waals surface area contributed by atoms with Crippen molar-refractivity contribution in [1.82, 2.24) is 4.72 Å². The van der Waals surface area contributed by atoms with Gasteiger partial charge in [0.1, 0.15) is 11.8 Å². The van der Waals surface area contributed by atoms with Gasteiger partial charge in [0.15, 0.2) is 0 Å². The second kappa shape index (κ2) is 7.47. The largest absolute Gasteiger partial charge is 0.497 e. The van der Waals surface area contributed by atoms with E-state index in [2.05, 4.69) is 4.72 Å². The Morgan fingerprint density at radius 1 is 1.19 bits per heavy atom. The van der Waals surface area contributed by atoms with E-state index in [0.717, 1.165) is 17.7 Å². The number of hydrogen-bond acceptors (Lipinski definition) is 4. The zero-order valence-electron chi connectivity index (χ0n) is 14.8. The van der Waals surface area contributed by atoms with Crippen LogP contribution in [0.3, 0.4) is 0 Å². The maximum Gasteiger partial charge on any atom is 0.245 e. The van der Waals surface area contributed by atoms with Gasteiger partial charge in [0, 0.05) is 12.2 Å². The number of anilines is 1. The average Bonchev–Trinajstić information content (AvgIpc) is 3.09. The first-order chi connectivity index (χ1) is 12.5. The lowest BCUT2D eigenvalue weighted by molar-refractivity contribution is -0.120. The number of nitrogens with one attached hydrogen (secondary N) is 1. The third-order valence-electron chi connectivity index (χ3n) is 4.53. The van der Waals surface area contributed by atoms with Crippen molar-refractivity contribution in [1.29, 1.82) is 0 Å². The molecule has 0 spiro atoms. The standard InChI is InChI=1S/C19H22N2O4S/c1-3-17(19(22)21-13-12-14-6-4-5-7-18(14)21)20-26(23,24)16-10-8-15(25-2)9-11-16/h4-11,17,20H,3,12-13H2,1-2H3. The number of carbonyl (C=O) groups excluding carboxylic acids is 1. The van der Waals surface area contributed by atoms with Crippen LogP contribution < -0.4 is 14.4 Å². The number of carbonyl (C=O) groups is 1. The minimum Gasteiger partial charge on any atom is -0.497 e. The minimum absolute atomic E-state index is 0.103. The van der Waals surface area contributed by atoms with Gasteiger partial charge in [0.05, 0.1) is 12.0 Å². The molecule has 0 saturated heterocycles. The van der Waals surface area contributed by atoms with Crippen molar-refractivity contribution in [3.8, 4) is 5.75 Å². The summed E-state index contributed by atoms with van der Waals surface area (Å²) in [5.41, 5.74) is 1.97. The molecule has 1 atom stereocenters. The highest BCUT2D eigenvalue weighted by Crippen LogP contribution is 2.28. The molecule has 1 unspecified atom stereocenters. The van der Waals surface area contributed by atoms with E-state index < -0.39 is 16.1 Å². The molecule has 2 aromatic carbocycles. The molecule has 0 aromatic heterocycles. The lowest BCUT2D eigenvalue weighted by Crippen LogP contribution is -2.47. The van der Waals surface area contributed by atoms with Crippen LogP contribution in [0, 0.1) is 0 Å². The summed E-state index contributed by atoms with van der Waals surface area (Å²) >= 11 is 0. The summed E-state index contributed by atoms with van der Waals surface area (Å²) in [6, 6.07) is 13.0. The number of methoxy groups -OCH3 is 1. The van der Waals surface area contributed by atoms with Crippen molar-refractivity contribution in [3.63, 3.8) is 0 Å². The zero-order chi connectivity index (χ0) is 18.7. The molecule has 1 aliphatic heterocycles. The fourth-order valence-corrected chi connectivity index (χ4v) is 4.35. The summed E-state index contributed by atoms with van der Waals surface area (Å²) in [6.45, 7) is 2.36. The monoisotopic (exact) mass is 374 g/mol. The molecule has 1 heterocycles. The third kappa shape index (κ3) is 3.59. The molecule has 0 radical (unpaired) electrons. The highest BCUT2D eigenvalue weighted by Gasteiger charge is 2.32. The summed E-state index contributed by atoms with van der Waals surface area (Å²) in [5, 5.41) is 0. The first kappa shape index (κ1) is 18.4. The van der Waals surface area contributed by atoms with E-state index >= 15 is 0 Å². The molecule has 0 fully saturated rings. The van der Waals surface area contributed by atoms with Crippen LogP contribution in [0.1, 0.15) is 18.9 Å². The number of sulfonamides is 1. The Kier molecular flexibility index (Phi) is 5.29. The predicted molar refractivity (Wildman–Crippen MR) is 99.9 cm³/mol. The van der Waals surface area contributed by atoms with Crippen LogP contribution in [0.2, 0.25) is 0 Å². The summed E-state index contributed by atoms with van der Waals surface area (Å²) in [5.74, 6) is 0.343. The molecule has 1 N–H and O–H groups in total. The topological polar surface area (TPSA) is 75.7 Å². The van der Waals surface area contributed by atoms with Crippen LogP contribution in [0.25, 0.3) is 0 Å². The predicted octanol–water partition coefficient (Wildman–Crippen LogP) is 2.34. The van der Waals surface area contributed by atoms with Crippen molar-refractivity contribution in [3.05, 3.63) is 54.1 Å². The summed E-state index contributed by atoms with van der Waals surface area (Å²) < 4.78 is 32.9. The van der Waals surface area contributed by atoms with Crippen molar-refractivity contribution in [2.45, 2.75) is 30.7 Å². The fraction of sp³-hybridized carbons (Fsp3) is 0.316. The van der Waals surface area contributed by atoms with Crippen LogP contribution in [-0.4, -0.2) is 34.0 Å². The van der Waals surface area contributed by atoms with Crippen molar-refractivity contribution in [2.24, 2.45) is 0 Å².